The van der Waals surface area contributed by atoms with Gasteiger partial charge in [-0.1, -0.05) is 27.5 Å². The number of anilines is 1. The van der Waals surface area contributed by atoms with Crippen LogP contribution in [0.15, 0.2) is 46.9 Å². The van der Waals surface area contributed by atoms with Gasteiger partial charge < -0.3 is 5.32 Å². The minimum Gasteiger partial charge on any atom is -0.321 e. The summed E-state index contributed by atoms with van der Waals surface area (Å²) in [6.07, 6.45) is 0. The minimum absolute atomic E-state index is 0.338. The Labute approximate surface area is 117 Å². The molecule has 2 nitrogen and oxygen atoms in total. The maximum atomic E-state index is 12.7. The molecule has 0 saturated carbocycles. The van der Waals surface area contributed by atoms with Gasteiger partial charge >= 0.3 is 0 Å². The van der Waals surface area contributed by atoms with Crippen LogP contribution in [0.5, 0.6) is 0 Å². The van der Waals surface area contributed by atoms with Crippen molar-refractivity contribution in [3.8, 4) is 0 Å². The summed E-state index contributed by atoms with van der Waals surface area (Å²) < 4.78 is 13.5. The van der Waals surface area contributed by atoms with E-state index < -0.39 is 0 Å². The monoisotopic (exact) mass is 327 g/mol. The quantitative estimate of drug-likeness (QED) is 0.864. The fourth-order valence-corrected chi connectivity index (χ4v) is 1.91. The molecule has 0 spiro atoms. The van der Waals surface area contributed by atoms with Gasteiger partial charge in [0, 0.05) is 10.0 Å². The number of rotatable bonds is 2. The summed E-state index contributed by atoms with van der Waals surface area (Å²) in [6.45, 7) is 0. The van der Waals surface area contributed by atoms with Gasteiger partial charge in [0.1, 0.15) is 5.82 Å². The van der Waals surface area contributed by atoms with E-state index in [-0.39, 0.29) is 11.7 Å². The Balaban J connectivity index is 2.21. The van der Waals surface area contributed by atoms with Crippen molar-refractivity contribution in [2.45, 2.75) is 0 Å². The second-order valence-electron chi connectivity index (χ2n) is 3.59. The maximum absolute atomic E-state index is 12.7. The van der Waals surface area contributed by atoms with Crippen LogP contribution in [0.3, 0.4) is 0 Å². The van der Waals surface area contributed by atoms with Gasteiger partial charge in [0.05, 0.1) is 10.7 Å². The third kappa shape index (κ3) is 3.09. The molecule has 2 aromatic carbocycles. The Hall–Kier alpha value is -1.39. The maximum Gasteiger partial charge on any atom is 0.255 e. The third-order valence-corrected chi connectivity index (χ3v) is 3.11. The second-order valence-corrected chi connectivity index (χ2v) is 4.91. The summed E-state index contributed by atoms with van der Waals surface area (Å²) in [4.78, 5) is 11.9. The van der Waals surface area contributed by atoms with Crippen molar-refractivity contribution in [3.05, 3.63) is 63.3 Å². The van der Waals surface area contributed by atoms with Crippen molar-refractivity contribution in [2.75, 3.05) is 5.32 Å². The van der Waals surface area contributed by atoms with Crippen LogP contribution in [0, 0.1) is 5.82 Å². The lowest BCUT2D eigenvalue weighted by Crippen LogP contribution is -2.12. The largest absolute Gasteiger partial charge is 0.321 e. The molecule has 0 bridgehead atoms. The standard InChI is InChI=1S/C13H8BrClFNO/c14-9-3-6-11(15)12(7-9)17-13(18)8-1-4-10(16)5-2-8/h1-7H,(H,17,18). The molecule has 0 saturated heterocycles. The van der Waals surface area contributed by atoms with Crippen LogP contribution in [-0.2, 0) is 0 Å². The smallest absolute Gasteiger partial charge is 0.255 e. The van der Waals surface area contributed by atoms with Gasteiger partial charge in [0.25, 0.3) is 5.91 Å². The molecule has 0 aromatic heterocycles. The van der Waals surface area contributed by atoms with Crippen molar-refractivity contribution in [1.29, 1.82) is 0 Å². The van der Waals surface area contributed by atoms with E-state index in [0.717, 1.165) is 4.47 Å². The normalized spacial score (nSPS) is 10.2. The fourth-order valence-electron chi connectivity index (χ4n) is 1.39. The molecule has 0 fully saturated rings. The number of nitrogens with one attached hydrogen (secondary N) is 1. The van der Waals surface area contributed by atoms with E-state index in [1.807, 2.05) is 0 Å². The highest BCUT2D eigenvalue weighted by atomic mass is 79.9. The average molecular weight is 329 g/mol. The van der Waals surface area contributed by atoms with Crippen LogP contribution in [0.4, 0.5) is 10.1 Å². The predicted molar refractivity (Wildman–Crippen MR) is 73.5 cm³/mol. The van der Waals surface area contributed by atoms with Gasteiger partial charge in [0.2, 0.25) is 0 Å². The number of benzene rings is 2. The van der Waals surface area contributed by atoms with Gasteiger partial charge in [-0.15, -0.1) is 0 Å². The lowest BCUT2D eigenvalue weighted by molar-refractivity contribution is 0.102. The summed E-state index contributed by atoms with van der Waals surface area (Å²) in [6, 6.07) is 10.4. The molecule has 0 atom stereocenters. The first-order valence-electron chi connectivity index (χ1n) is 5.08. The topological polar surface area (TPSA) is 29.1 Å². The molecular weight excluding hydrogens is 321 g/mol. The van der Waals surface area contributed by atoms with Crippen LogP contribution in [0.1, 0.15) is 10.4 Å². The van der Waals surface area contributed by atoms with Gasteiger partial charge in [-0.3, -0.25) is 4.79 Å². The van der Waals surface area contributed by atoms with E-state index in [1.54, 1.807) is 18.2 Å². The van der Waals surface area contributed by atoms with Gasteiger partial charge in [0.15, 0.2) is 0 Å². The number of carbonyl (C=O) groups excluding carboxylic acids is 1. The molecule has 0 aliphatic carbocycles. The van der Waals surface area contributed by atoms with Crippen LogP contribution in [0.2, 0.25) is 5.02 Å². The van der Waals surface area contributed by atoms with Crippen molar-refractivity contribution in [3.63, 3.8) is 0 Å². The zero-order valence-electron chi connectivity index (χ0n) is 9.08. The van der Waals surface area contributed by atoms with Gasteiger partial charge in [-0.25, -0.2) is 4.39 Å². The van der Waals surface area contributed by atoms with E-state index in [2.05, 4.69) is 21.2 Å². The van der Waals surface area contributed by atoms with Gasteiger partial charge in [-0.2, -0.15) is 0 Å². The van der Waals surface area contributed by atoms with Crippen molar-refractivity contribution >= 4 is 39.1 Å². The first-order chi connectivity index (χ1) is 8.56. The van der Waals surface area contributed by atoms with Crippen molar-refractivity contribution in [2.24, 2.45) is 0 Å². The molecular formula is C13H8BrClFNO. The summed E-state index contributed by atoms with van der Waals surface area (Å²) in [5.74, 6) is -0.720. The van der Waals surface area contributed by atoms with Crippen molar-refractivity contribution in [1.82, 2.24) is 0 Å². The first kappa shape index (κ1) is 13.1. The van der Waals surface area contributed by atoms with E-state index >= 15 is 0 Å². The Morgan fingerprint density at radius 1 is 1.17 bits per heavy atom. The van der Waals surface area contributed by atoms with E-state index in [1.165, 1.54) is 24.3 Å². The first-order valence-corrected chi connectivity index (χ1v) is 6.25. The Bertz CT molecular complexity index is 586. The summed E-state index contributed by atoms with van der Waals surface area (Å²) in [7, 11) is 0. The summed E-state index contributed by atoms with van der Waals surface area (Å²) in [5, 5.41) is 3.10. The summed E-state index contributed by atoms with van der Waals surface area (Å²) in [5.41, 5.74) is 0.868. The Morgan fingerprint density at radius 2 is 1.83 bits per heavy atom. The van der Waals surface area contributed by atoms with Crippen LogP contribution < -0.4 is 5.32 Å². The predicted octanol–water partition coefficient (Wildman–Crippen LogP) is 4.49. The van der Waals surface area contributed by atoms with Crippen LogP contribution in [0.25, 0.3) is 0 Å². The number of hydrogen-bond acceptors (Lipinski definition) is 1. The zero-order chi connectivity index (χ0) is 13.1. The molecule has 0 unspecified atom stereocenters. The Morgan fingerprint density at radius 3 is 2.50 bits per heavy atom. The molecule has 92 valence electrons. The highest BCUT2D eigenvalue weighted by molar-refractivity contribution is 9.10. The van der Waals surface area contributed by atoms with Crippen molar-refractivity contribution < 1.29 is 9.18 Å². The number of halogens is 3. The zero-order valence-corrected chi connectivity index (χ0v) is 11.4. The number of hydrogen-bond donors (Lipinski definition) is 1. The molecule has 2 aromatic rings. The van der Waals surface area contributed by atoms with Gasteiger partial charge in [-0.05, 0) is 42.5 Å². The molecule has 0 heterocycles. The molecule has 0 radical (unpaired) electrons. The van der Waals surface area contributed by atoms with E-state index in [0.29, 0.717) is 16.3 Å². The lowest BCUT2D eigenvalue weighted by Gasteiger charge is -2.07. The second kappa shape index (κ2) is 5.50. The van der Waals surface area contributed by atoms with Crippen LogP contribution in [-0.4, -0.2) is 5.91 Å². The highest BCUT2D eigenvalue weighted by Gasteiger charge is 2.08. The lowest BCUT2D eigenvalue weighted by atomic mass is 10.2. The molecule has 1 amide bonds. The average Bonchev–Trinajstić information content (AvgIpc) is 2.34. The summed E-state index contributed by atoms with van der Waals surface area (Å²) >= 11 is 9.25. The van der Waals surface area contributed by atoms with E-state index in [4.69, 9.17) is 11.6 Å². The number of amides is 1. The molecule has 0 aliphatic rings. The molecule has 2 rings (SSSR count). The van der Waals surface area contributed by atoms with Crippen LogP contribution >= 0.6 is 27.5 Å². The molecule has 5 heteroatoms. The molecule has 18 heavy (non-hydrogen) atoms. The highest BCUT2D eigenvalue weighted by Crippen LogP contribution is 2.26. The third-order valence-electron chi connectivity index (χ3n) is 2.28. The molecule has 1 N–H and O–H groups in total. The number of carbonyl (C=O) groups is 1. The molecule has 0 aliphatic heterocycles. The van der Waals surface area contributed by atoms with E-state index in [9.17, 15) is 9.18 Å². The Kier molecular flexibility index (Phi) is 3.99. The minimum atomic E-state index is -0.382. The SMILES string of the molecule is O=C(Nc1cc(Br)ccc1Cl)c1ccc(F)cc1. The fraction of sp³-hybridized carbons (Fsp3) is 0.